The van der Waals surface area contributed by atoms with E-state index >= 15 is 0 Å². The van der Waals surface area contributed by atoms with Gasteiger partial charge in [0, 0.05) is 18.6 Å². The SMILES string of the molecule is CC(NC(=O)N1CCCC1CC(O)c1ccc(F)cc1)C1CCC1. The number of aliphatic hydroxyl groups is 1. The molecule has 2 aliphatic rings. The average molecular weight is 334 g/mol. The Morgan fingerprint density at radius 3 is 2.62 bits per heavy atom. The van der Waals surface area contributed by atoms with Crippen molar-refractivity contribution >= 4 is 6.03 Å². The summed E-state index contributed by atoms with van der Waals surface area (Å²) in [5, 5.41) is 13.5. The Hall–Kier alpha value is -1.62. The smallest absolute Gasteiger partial charge is 0.317 e. The fourth-order valence-electron chi connectivity index (χ4n) is 3.76. The number of amides is 2. The highest BCUT2D eigenvalue weighted by Crippen LogP contribution is 2.31. The summed E-state index contributed by atoms with van der Waals surface area (Å²) < 4.78 is 13.0. The molecule has 0 bridgehead atoms. The Bertz CT molecular complexity index is 559. The normalized spacial score (nSPS) is 23.6. The maximum atomic E-state index is 13.0. The van der Waals surface area contributed by atoms with Gasteiger partial charge >= 0.3 is 6.03 Å². The number of benzene rings is 1. The van der Waals surface area contributed by atoms with Crippen LogP contribution in [-0.4, -0.2) is 34.7 Å². The highest BCUT2D eigenvalue weighted by Gasteiger charge is 2.33. The van der Waals surface area contributed by atoms with Crippen LogP contribution < -0.4 is 5.32 Å². The first-order chi connectivity index (χ1) is 11.5. The van der Waals surface area contributed by atoms with Crippen molar-refractivity contribution in [2.24, 2.45) is 5.92 Å². The Morgan fingerprint density at radius 1 is 1.29 bits per heavy atom. The van der Waals surface area contributed by atoms with Gasteiger partial charge < -0.3 is 15.3 Å². The predicted octanol–water partition coefficient (Wildman–Crippen LogP) is 3.61. The zero-order chi connectivity index (χ0) is 17.1. The minimum Gasteiger partial charge on any atom is -0.388 e. The maximum Gasteiger partial charge on any atom is 0.317 e. The Kier molecular flexibility index (Phi) is 5.39. The number of rotatable bonds is 5. The van der Waals surface area contributed by atoms with Crippen molar-refractivity contribution in [1.29, 1.82) is 0 Å². The number of carbonyl (C=O) groups is 1. The first-order valence-corrected chi connectivity index (χ1v) is 9.05. The van der Waals surface area contributed by atoms with Gasteiger partial charge in [-0.25, -0.2) is 9.18 Å². The topological polar surface area (TPSA) is 52.6 Å². The van der Waals surface area contributed by atoms with E-state index in [0.717, 1.165) is 19.4 Å². The summed E-state index contributed by atoms with van der Waals surface area (Å²) in [5.41, 5.74) is 0.700. The molecule has 2 N–H and O–H groups in total. The van der Waals surface area contributed by atoms with E-state index in [1.54, 1.807) is 12.1 Å². The van der Waals surface area contributed by atoms with Crippen molar-refractivity contribution < 1.29 is 14.3 Å². The summed E-state index contributed by atoms with van der Waals surface area (Å²) in [6.45, 7) is 2.82. The Balaban J connectivity index is 1.56. The fraction of sp³-hybridized carbons (Fsp3) is 0.632. The molecule has 3 rings (SSSR count). The number of hydrogen-bond acceptors (Lipinski definition) is 2. The van der Waals surface area contributed by atoms with Crippen molar-refractivity contribution in [3.05, 3.63) is 35.6 Å². The lowest BCUT2D eigenvalue weighted by atomic mass is 9.80. The molecule has 0 radical (unpaired) electrons. The van der Waals surface area contributed by atoms with Crippen molar-refractivity contribution in [2.45, 2.75) is 63.6 Å². The quantitative estimate of drug-likeness (QED) is 0.864. The first-order valence-electron chi connectivity index (χ1n) is 9.05. The molecule has 4 nitrogen and oxygen atoms in total. The largest absolute Gasteiger partial charge is 0.388 e. The molecule has 2 amide bonds. The number of nitrogens with zero attached hydrogens (tertiary/aromatic N) is 1. The molecule has 0 spiro atoms. The van der Waals surface area contributed by atoms with Gasteiger partial charge in [-0.3, -0.25) is 0 Å². The molecular formula is C19H27FN2O2. The third kappa shape index (κ3) is 3.89. The summed E-state index contributed by atoms with van der Waals surface area (Å²) in [7, 11) is 0. The van der Waals surface area contributed by atoms with Crippen molar-refractivity contribution in [2.75, 3.05) is 6.54 Å². The number of nitrogens with one attached hydrogen (secondary N) is 1. The molecule has 3 unspecified atom stereocenters. The molecule has 1 saturated heterocycles. The molecular weight excluding hydrogens is 307 g/mol. The molecule has 2 fully saturated rings. The predicted molar refractivity (Wildman–Crippen MR) is 91.0 cm³/mol. The third-order valence-electron chi connectivity index (χ3n) is 5.60. The zero-order valence-corrected chi connectivity index (χ0v) is 14.2. The van der Waals surface area contributed by atoms with E-state index in [0.29, 0.717) is 17.9 Å². The molecule has 24 heavy (non-hydrogen) atoms. The van der Waals surface area contributed by atoms with Gasteiger partial charge in [0.1, 0.15) is 5.82 Å². The molecule has 5 heteroatoms. The van der Waals surface area contributed by atoms with Crippen LogP contribution in [0, 0.1) is 11.7 Å². The molecule has 1 saturated carbocycles. The van der Waals surface area contributed by atoms with Crippen LogP contribution in [0.1, 0.15) is 57.1 Å². The van der Waals surface area contributed by atoms with Crippen LogP contribution in [0.3, 0.4) is 0 Å². The van der Waals surface area contributed by atoms with E-state index in [1.807, 2.05) is 4.90 Å². The van der Waals surface area contributed by atoms with E-state index in [9.17, 15) is 14.3 Å². The van der Waals surface area contributed by atoms with E-state index in [4.69, 9.17) is 0 Å². The average Bonchev–Trinajstić information content (AvgIpc) is 2.94. The van der Waals surface area contributed by atoms with E-state index in [-0.39, 0.29) is 23.9 Å². The minimum atomic E-state index is -0.673. The van der Waals surface area contributed by atoms with Gasteiger partial charge in [-0.2, -0.15) is 0 Å². The van der Waals surface area contributed by atoms with Crippen LogP contribution in [0.4, 0.5) is 9.18 Å². The lowest BCUT2D eigenvalue weighted by Crippen LogP contribution is -2.49. The molecule has 1 aliphatic heterocycles. The molecule has 132 valence electrons. The van der Waals surface area contributed by atoms with Crippen molar-refractivity contribution in [3.8, 4) is 0 Å². The van der Waals surface area contributed by atoms with Gasteiger partial charge in [0.15, 0.2) is 0 Å². The lowest BCUT2D eigenvalue weighted by molar-refractivity contribution is 0.123. The van der Waals surface area contributed by atoms with Crippen LogP contribution in [0.5, 0.6) is 0 Å². The van der Waals surface area contributed by atoms with E-state index in [2.05, 4.69) is 12.2 Å². The molecule has 1 aromatic rings. The number of likely N-dealkylation sites (tertiary alicyclic amines) is 1. The maximum absolute atomic E-state index is 13.0. The summed E-state index contributed by atoms with van der Waals surface area (Å²) >= 11 is 0. The number of urea groups is 1. The van der Waals surface area contributed by atoms with Crippen LogP contribution >= 0.6 is 0 Å². The van der Waals surface area contributed by atoms with Gasteiger partial charge in [-0.15, -0.1) is 0 Å². The van der Waals surface area contributed by atoms with Gasteiger partial charge in [-0.1, -0.05) is 18.6 Å². The molecule has 1 aromatic carbocycles. The standard InChI is InChI=1S/C19H27FN2O2/c1-13(14-4-2-5-14)21-19(24)22-11-3-6-17(22)12-18(23)15-7-9-16(20)10-8-15/h7-10,13-14,17-18,23H,2-6,11-12H2,1H3,(H,21,24). The second kappa shape index (κ2) is 7.51. The highest BCUT2D eigenvalue weighted by atomic mass is 19.1. The summed E-state index contributed by atoms with van der Waals surface area (Å²) in [6, 6.07) is 6.18. The van der Waals surface area contributed by atoms with Crippen LogP contribution in [0.25, 0.3) is 0 Å². The lowest BCUT2D eigenvalue weighted by Gasteiger charge is -2.34. The molecule has 3 atom stereocenters. The van der Waals surface area contributed by atoms with Gasteiger partial charge in [0.25, 0.3) is 0 Å². The highest BCUT2D eigenvalue weighted by molar-refractivity contribution is 5.75. The van der Waals surface area contributed by atoms with Gasteiger partial charge in [-0.05, 0) is 62.6 Å². The fourth-order valence-corrected chi connectivity index (χ4v) is 3.76. The monoisotopic (exact) mass is 334 g/mol. The van der Waals surface area contributed by atoms with Crippen LogP contribution in [0.2, 0.25) is 0 Å². The van der Waals surface area contributed by atoms with E-state index < -0.39 is 6.10 Å². The molecule has 0 aromatic heterocycles. The second-order valence-electron chi connectivity index (χ2n) is 7.22. The Labute approximate surface area is 143 Å². The van der Waals surface area contributed by atoms with Crippen molar-refractivity contribution in [1.82, 2.24) is 10.2 Å². The van der Waals surface area contributed by atoms with Crippen molar-refractivity contribution in [3.63, 3.8) is 0 Å². The van der Waals surface area contributed by atoms with Crippen LogP contribution in [-0.2, 0) is 0 Å². The Morgan fingerprint density at radius 2 is 2.00 bits per heavy atom. The first kappa shape index (κ1) is 17.2. The number of hydrogen-bond donors (Lipinski definition) is 2. The summed E-state index contributed by atoms with van der Waals surface area (Å²) in [6.07, 6.45) is 5.36. The minimum absolute atomic E-state index is 0.0109. The van der Waals surface area contributed by atoms with E-state index in [1.165, 1.54) is 31.4 Å². The number of carbonyl (C=O) groups excluding carboxylic acids is 1. The van der Waals surface area contributed by atoms with Crippen LogP contribution in [0.15, 0.2) is 24.3 Å². The molecule has 1 aliphatic carbocycles. The second-order valence-corrected chi connectivity index (χ2v) is 7.22. The van der Waals surface area contributed by atoms with Gasteiger partial charge in [0.05, 0.1) is 6.10 Å². The summed E-state index contributed by atoms with van der Waals surface area (Å²) in [4.78, 5) is 14.4. The summed E-state index contributed by atoms with van der Waals surface area (Å²) in [5.74, 6) is 0.303. The molecule has 1 heterocycles. The number of aliphatic hydroxyl groups excluding tert-OH is 1. The van der Waals surface area contributed by atoms with Gasteiger partial charge in [0.2, 0.25) is 0 Å². The third-order valence-corrected chi connectivity index (χ3v) is 5.60. The zero-order valence-electron chi connectivity index (χ0n) is 14.2. The number of halogens is 1.